The molecule has 0 bridgehead atoms. The average Bonchev–Trinajstić information content (AvgIpc) is 1.82. The van der Waals surface area contributed by atoms with Crippen LogP contribution in [-0.2, 0) is 4.79 Å². The number of hydrogen-bond donors (Lipinski definition) is 1. The van der Waals surface area contributed by atoms with Gasteiger partial charge in [-0.2, -0.15) is 0 Å². The monoisotopic (exact) mass is 125 g/mol. The van der Waals surface area contributed by atoms with Crippen LogP contribution in [0.2, 0.25) is 0 Å². The summed E-state index contributed by atoms with van der Waals surface area (Å²) >= 11 is 0. The lowest BCUT2D eigenvalue weighted by molar-refractivity contribution is -0.116. The zero-order chi connectivity index (χ0) is 7.28. The van der Waals surface area contributed by atoms with E-state index in [1.807, 2.05) is 0 Å². The van der Waals surface area contributed by atoms with Crippen molar-refractivity contribution in [1.82, 2.24) is 0 Å². The molecule has 0 fully saturated rings. The van der Waals surface area contributed by atoms with Crippen LogP contribution < -0.4 is 5.73 Å². The highest BCUT2D eigenvalue weighted by molar-refractivity contribution is 5.78. The third kappa shape index (κ3) is 3.53. The van der Waals surface area contributed by atoms with Gasteiger partial charge in [-0.1, -0.05) is 12.7 Å². The van der Waals surface area contributed by atoms with E-state index in [4.69, 9.17) is 5.73 Å². The third-order valence-electron chi connectivity index (χ3n) is 0.929. The first-order chi connectivity index (χ1) is 4.20. The molecule has 0 aliphatic rings. The smallest absolute Gasteiger partial charge is 0.134 e. The number of Topliss-reactive ketones (excluding diaryl/α,β-unsaturated/α-hetero) is 1. The van der Waals surface area contributed by atoms with E-state index in [9.17, 15) is 4.79 Å². The zero-order valence-electron chi connectivity index (χ0n) is 5.55. The van der Waals surface area contributed by atoms with Crippen LogP contribution in [0, 0.1) is 0 Å². The molecule has 50 valence electrons. The van der Waals surface area contributed by atoms with E-state index >= 15 is 0 Å². The Morgan fingerprint density at radius 1 is 1.78 bits per heavy atom. The Morgan fingerprint density at radius 3 is 2.44 bits per heavy atom. The number of rotatable bonds is 3. The highest BCUT2D eigenvalue weighted by Crippen LogP contribution is 1.99. The summed E-state index contributed by atoms with van der Waals surface area (Å²) in [6.45, 7) is 5.01. The van der Waals surface area contributed by atoms with Gasteiger partial charge in [0.05, 0.1) is 0 Å². The van der Waals surface area contributed by atoms with Crippen LogP contribution in [0.15, 0.2) is 24.4 Å². The Labute approximate surface area is 55.1 Å². The Bertz CT molecular complexity index is 147. The van der Waals surface area contributed by atoms with Gasteiger partial charge in [0.15, 0.2) is 0 Å². The van der Waals surface area contributed by atoms with Gasteiger partial charge in [-0.25, -0.2) is 0 Å². The molecular weight excluding hydrogens is 114 g/mol. The average molecular weight is 125 g/mol. The molecule has 2 N–H and O–H groups in total. The molecule has 0 aromatic heterocycles. The molecule has 0 amide bonds. The molecule has 9 heavy (non-hydrogen) atoms. The van der Waals surface area contributed by atoms with Crippen molar-refractivity contribution in [2.24, 2.45) is 5.73 Å². The Kier molecular flexibility index (Phi) is 3.44. The molecule has 0 spiro atoms. The van der Waals surface area contributed by atoms with Gasteiger partial charge in [-0.3, -0.25) is 4.79 Å². The molecule has 0 unspecified atom stereocenters. The van der Waals surface area contributed by atoms with Crippen LogP contribution in [0.1, 0.15) is 13.3 Å². The molecule has 0 radical (unpaired) electrons. The molecule has 0 aliphatic carbocycles. The van der Waals surface area contributed by atoms with E-state index in [-0.39, 0.29) is 5.78 Å². The van der Waals surface area contributed by atoms with Gasteiger partial charge in [0.25, 0.3) is 0 Å². The van der Waals surface area contributed by atoms with Crippen molar-refractivity contribution in [2.45, 2.75) is 13.3 Å². The highest BCUT2D eigenvalue weighted by Gasteiger charge is 1.93. The fourth-order valence-corrected chi connectivity index (χ4v) is 0.487. The first-order valence-electron chi connectivity index (χ1n) is 2.73. The Balaban J connectivity index is 3.86. The van der Waals surface area contributed by atoms with Gasteiger partial charge in [0, 0.05) is 6.42 Å². The van der Waals surface area contributed by atoms with Crippen LogP contribution in [0.5, 0.6) is 0 Å². The summed E-state index contributed by atoms with van der Waals surface area (Å²) < 4.78 is 0. The standard InChI is InChI=1S/C7H11NO/c1-3-7(5-8)4-6(2)9/h3,5H,1,4,8H2,2H3/b7-5+. The molecular formula is C7H11NO. The summed E-state index contributed by atoms with van der Waals surface area (Å²) in [6, 6.07) is 0. The van der Waals surface area contributed by atoms with Crippen LogP contribution in [0.4, 0.5) is 0 Å². The minimum atomic E-state index is 0.103. The van der Waals surface area contributed by atoms with Gasteiger partial charge >= 0.3 is 0 Å². The molecule has 0 rings (SSSR count). The highest BCUT2D eigenvalue weighted by atomic mass is 16.1. The summed E-state index contributed by atoms with van der Waals surface area (Å²) in [6.07, 6.45) is 3.37. The quantitative estimate of drug-likeness (QED) is 0.572. The number of ketones is 1. The molecule has 0 atom stereocenters. The Hall–Kier alpha value is -1.05. The van der Waals surface area contributed by atoms with Crippen molar-refractivity contribution in [3.63, 3.8) is 0 Å². The first kappa shape index (κ1) is 7.95. The van der Waals surface area contributed by atoms with Crippen molar-refractivity contribution < 1.29 is 4.79 Å². The molecule has 0 aromatic carbocycles. The SMILES string of the molecule is C=C/C(=C\N)CC(C)=O. The number of carbonyl (C=O) groups excluding carboxylic acids is 1. The van der Waals surface area contributed by atoms with Crippen LogP contribution in [0.25, 0.3) is 0 Å². The van der Waals surface area contributed by atoms with Crippen molar-refractivity contribution in [2.75, 3.05) is 0 Å². The largest absolute Gasteiger partial charge is 0.404 e. The molecule has 0 saturated carbocycles. The van der Waals surface area contributed by atoms with Crippen LogP contribution in [-0.4, -0.2) is 5.78 Å². The predicted molar refractivity (Wildman–Crippen MR) is 37.8 cm³/mol. The van der Waals surface area contributed by atoms with Gasteiger partial charge in [-0.15, -0.1) is 0 Å². The lowest BCUT2D eigenvalue weighted by atomic mass is 10.1. The second-order valence-corrected chi connectivity index (χ2v) is 1.82. The molecule has 0 saturated heterocycles. The minimum Gasteiger partial charge on any atom is -0.404 e. The maximum Gasteiger partial charge on any atom is 0.134 e. The summed E-state index contributed by atoms with van der Waals surface area (Å²) in [4.78, 5) is 10.4. The molecule has 2 nitrogen and oxygen atoms in total. The summed E-state index contributed by atoms with van der Waals surface area (Å²) in [5, 5.41) is 0. The van der Waals surface area contributed by atoms with Crippen molar-refractivity contribution >= 4 is 5.78 Å². The summed E-state index contributed by atoms with van der Waals surface area (Å²) in [7, 11) is 0. The van der Waals surface area contributed by atoms with E-state index in [2.05, 4.69) is 6.58 Å². The number of nitrogens with two attached hydrogens (primary N) is 1. The van der Waals surface area contributed by atoms with Gasteiger partial charge < -0.3 is 5.73 Å². The van der Waals surface area contributed by atoms with E-state index in [0.717, 1.165) is 5.57 Å². The van der Waals surface area contributed by atoms with Crippen LogP contribution >= 0.6 is 0 Å². The maximum atomic E-state index is 10.4. The van der Waals surface area contributed by atoms with E-state index in [1.54, 1.807) is 6.08 Å². The fourth-order valence-electron chi connectivity index (χ4n) is 0.487. The van der Waals surface area contributed by atoms with Crippen LogP contribution in [0.3, 0.4) is 0 Å². The molecule has 2 heteroatoms. The summed E-state index contributed by atoms with van der Waals surface area (Å²) in [5.74, 6) is 0.103. The normalized spacial score (nSPS) is 11.0. The van der Waals surface area contributed by atoms with E-state index < -0.39 is 0 Å². The lowest BCUT2D eigenvalue weighted by Crippen LogP contribution is -1.93. The predicted octanol–water partition coefficient (Wildman–Crippen LogP) is 0.994. The van der Waals surface area contributed by atoms with Gasteiger partial charge in [0.2, 0.25) is 0 Å². The third-order valence-corrected chi connectivity index (χ3v) is 0.929. The van der Waals surface area contributed by atoms with Crippen molar-refractivity contribution in [3.05, 3.63) is 24.4 Å². The molecule has 0 heterocycles. The van der Waals surface area contributed by atoms with E-state index in [1.165, 1.54) is 13.1 Å². The number of allylic oxidation sites excluding steroid dienone is 2. The number of hydrogen-bond acceptors (Lipinski definition) is 2. The van der Waals surface area contributed by atoms with Crippen molar-refractivity contribution in [1.29, 1.82) is 0 Å². The minimum absolute atomic E-state index is 0.103. The Morgan fingerprint density at radius 2 is 2.33 bits per heavy atom. The van der Waals surface area contributed by atoms with Crippen molar-refractivity contribution in [3.8, 4) is 0 Å². The fraction of sp³-hybridized carbons (Fsp3) is 0.286. The second-order valence-electron chi connectivity index (χ2n) is 1.82. The van der Waals surface area contributed by atoms with Gasteiger partial charge in [0.1, 0.15) is 5.78 Å². The van der Waals surface area contributed by atoms with Gasteiger partial charge in [-0.05, 0) is 18.7 Å². The molecule has 0 aromatic rings. The van der Waals surface area contributed by atoms with E-state index in [0.29, 0.717) is 6.42 Å². The second kappa shape index (κ2) is 3.89. The molecule has 0 aliphatic heterocycles. The maximum absolute atomic E-state index is 10.4. The summed E-state index contributed by atoms with van der Waals surface area (Å²) in [5.41, 5.74) is 5.93. The number of carbonyl (C=O) groups is 1. The topological polar surface area (TPSA) is 43.1 Å². The lowest BCUT2D eigenvalue weighted by Gasteiger charge is -1.92. The zero-order valence-corrected chi connectivity index (χ0v) is 5.55. The first-order valence-corrected chi connectivity index (χ1v) is 2.73.